The van der Waals surface area contributed by atoms with E-state index >= 15 is 0 Å². The highest BCUT2D eigenvalue weighted by Gasteiger charge is 2.11. The summed E-state index contributed by atoms with van der Waals surface area (Å²) < 4.78 is 23.5. The molecule has 0 radical (unpaired) electrons. The molecule has 0 unspecified atom stereocenters. The van der Waals surface area contributed by atoms with Crippen LogP contribution in [0.25, 0.3) is 0 Å². The molecule has 0 bridgehead atoms. The van der Waals surface area contributed by atoms with Crippen LogP contribution >= 0.6 is 0 Å². The lowest BCUT2D eigenvalue weighted by Crippen LogP contribution is -2.18. The first-order chi connectivity index (χ1) is 8.06. The highest BCUT2D eigenvalue weighted by atomic mass is 32.2. The van der Waals surface area contributed by atoms with Crippen molar-refractivity contribution in [1.29, 1.82) is 0 Å². The van der Waals surface area contributed by atoms with Crippen molar-refractivity contribution in [3.63, 3.8) is 0 Å². The van der Waals surface area contributed by atoms with Crippen molar-refractivity contribution >= 4 is 16.2 Å². The van der Waals surface area contributed by atoms with E-state index in [-0.39, 0.29) is 4.90 Å². The van der Waals surface area contributed by atoms with Crippen LogP contribution in [0.15, 0.2) is 34.3 Å². The predicted molar refractivity (Wildman–Crippen MR) is 69.5 cm³/mol. The van der Waals surface area contributed by atoms with Crippen molar-refractivity contribution < 1.29 is 8.42 Å². The summed E-state index contributed by atoms with van der Waals surface area (Å²) in [6.45, 7) is 3.98. The minimum absolute atomic E-state index is 0.232. The van der Waals surface area contributed by atoms with Gasteiger partial charge in [0.1, 0.15) is 0 Å². The SMILES string of the molecule is CCCCC=NNS(=O)(=O)c1ccc(C)cc1. The summed E-state index contributed by atoms with van der Waals surface area (Å²) in [5, 5.41) is 3.72. The van der Waals surface area contributed by atoms with Crippen LogP contribution in [0.1, 0.15) is 31.7 Å². The molecule has 0 atom stereocenters. The van der Waals surface area contributed by atoms with Crippen LogP contribution in [0.3, 0.4) is 0 Å². The maximum Gasteiger partial charge on any atom is 0.276 e. The molecule has 4 nitrogen and oxygen atoms in total. The third-order valence-corrected chi connectivity index (χ3v) is 3.52. The molecule has 0 amide bonds. The number of aryl methyl sites for hydroxylation is 1. The summed E-state index contributed by atoms with van der Waals surface area (Å²) >= 11 is 0. The largest absolute Gasteiger partial charge is 0.276 e. The van der Waals surface area contributed by atoms with Crippen molar-refractivity contribution in [1.82, 2.24) is 4.83 Å². The van der Waals surface area contributed by atoms with Crippen LogP contribution < -0.4 is 4.83 Å². The second-order valence-electron chi connectivity index (χ2n) is 3.86. The lowest BCUT2D eigenvalue weighted by Gasteiger charge is -2.03. The number of hydrogen-bond acceptors (Lipinski definition) is 3. The van der Waals surface area contributed by atoms with Gasteiger partial charge in [0.2, 0.25) is 0 Å². The standard InChI is InChI=1S/C12H18N2O2S/c1-3-4-5-10-13-14-17(15,16)12-8-6-11(2)7-9-12/h6-10,14H,3-5H2,1-2H3. The molecule has 0 heterocycles. The summed E-state index contributed by atoms with van der Waals surface area (Å²) in [6.07, 6.45) is 4.45. The van der Waals surface area contributed by atoms with Gasteiger partial charge < -0.3 is 0 Å². The fourth-order valence-electron chi connectivity index (χ4n) is 1.24. The minimum atomic E-state index is -3.51. The van der Waals surface area contributed by atoms with Gasteiger partial charge in [-0.25, -0.2) is 4.83 Å². The molecule has 1 N–H and O–H groups in total. The normalized spacial score (nSPS) is 11.9. The van der Waals surface area contributed by atoms with E-state index in [9.17, 15) is 8.42 Å². The van der Waals surface area contributed by atoms with E-state index in [2.05, 4.69) is 16.9 Å². The molecule has 17 heavy (non-hydrogen) atoms. The fourth-order valence-corrected chi connectivity index (χ4v) is 2.05. The molecule has 1 aromatic rings. The van der Waals surface area contributed by atoms with Crippen LogP contribution in [0.2, 0.25) is 0 Å². The summed E-state index contributed by atoms with van der Waals surface area (Å²) in [5.41, 5.74) is 1.02. The van der Waals surface area contributed by atoms with Gasteiger partial charge in [0, 0.05) is 6.21 Å². The Balaban J connectivity index is 2.63. The van der Waals surface area contributed by atoms with E-state index in [0.717, 1.165) is 24.8 Å². The lowest BCUT2D eigenvalue weighted by molar-refractivity contribution is 0.584. The van der Waals surface area contributed by atoms with E-state index in [1.165, 1.54) is 0 Å². The molecule has 94 valence electrons. The van der Waals surface area contributed by atoms with Gasteiger partial charge in [0.15, 0.2) is 0 Å². The number of unbranched alkanes of at least 4 members (excludes halogenated alkanes) is 2. The lowest BCUT2D eigenvalue weighted by atomic mass is 10.2. The third kappa shape index (κ3) is 4.56. The second-order valence-corrected chi connectivity index (χ2v) is 5.52. The summed E-state index contributed by atoms with van der Waals surface area (Å²) in [5.74, 6) is 0. The maximum absolute atomic E-state index is 11.8. The molecule has 0 aliphatic carbocycles. The van der Waals surface area contributed by atoms with E-state index in [0.29, 0.717) is 0 Å². The molecular formula is C12H18N2O2S. The highest BCUT2D eigenvalue weighted by Crippen LogP contribution is 2.09. The van der Waals surface area contributed by atoms with Crippen molar-refractivity contribution in [2.45, 2.75) is 38.0 Å². The van der Waals surface area contributed by atoms with Gasteiger partial charge in [0.25, 0.3) is 10.0 Å². The summed E-state index contributed by atoms with van der Waals surface area (Å²) in [4.78, 5) is 2.43. The molecule has 5 heteroatoms. The van der Waals surface area contributed by atoms with Gasteiger partial charge in [0.05, 0.1) is 4.90 Å². The molecule has 0 saturated heterocycles. The average molecular weight is 254 g/mol. The van der Waals surface area contributed by atoms with Gasteiger partial charge in [-0.2, -0.15) is 13.5 Å². The van der Waals surface area contributed by atoms with Crippen molar-refractivity contribution in [3.8, 4) is 0 Å². The molecule has 1 aromatic carbocycles. The number of nitrogens with one attached hydrogen (secondary N) is 1. The van der Waals surface area contributed by atoms with Crippen LogP contribution in [0.4, 0.5) is 0 Å². The molecule has 0 saturated carbocycles. The Kier molecular flexibility index (Phi) is 5.15. The Morgan fingerprint density at radius 2 is 1.94 bits per heavy atom. The van der Waals surface area contributed by atoms with Crippen LogP contribution in [-0.4, -0.2) is 14.6 Å². The second kappa shape index (κ2) is 6.39. The number of hydrazone groups is 1. The first kappa shape index (κ1) is 13.7. The van der Waals surface area contributed by atoms with Crippen LogP contribution in [0, 0.1) is 6.92 Å². The predicted octanol–water partition coefficient (Wildman–Crippen LogP) is 2.45. The van der Waals surface area contributed by atoms with Crippen LogP contribution in [-0.2, 0) is 10.0 Å². The topological polar surface area (TPSA) is 58.5 Å². The van der Waals surface area contributed by atoms with Gasteiger partial charge in [-0.05, 0) is 31.9 Å². The van der Waals surface area contributed by atoms with E-state index in [4.69, 9.17) is 0 Å². The fraction of sp³-hybridized carbons (Fsp3) is 0.417. The third-order valence-electron chi connectivity index (χ3n) is 2.28. The minimum Gasteiger partial charge on any atom is -0.200 e. The molecule has 1 rings (SSSR count). The zero-order valence-electron chi connectivity index (χ0n) is 10.2. The molecule has 0 spiro atoms. The molecular weight excluding hydrogens is 236 g/mol. The van der Waals surface area contributed by atoms with E-state index < -0.39 is 10.0 Å². The molecule has 0 aliphatic heterocycles. The first-order valence-corrected chi connectivity index (χ1v) is 7.14. The average Bonchev–Trinajstić information content (AvgIpc) is 2.29. The van der Waals surface area contributed by atoms with Gasteiger partial charge in [-0.15, -0.1) is 0 Å². The van der Waals surface area contributed by atoms with Gasteiger partial charge >= 0.3 is 0 Å². The first-order valence-electron chi connectivity index (χ1n) is 5.66. The number of nitrogens with zero attached hydrogens (tertiary/aromatic N) is 1. The van der Waals surface area contributed by atoms with Crippen molar-refractivity contribution in [3.05, 3.63) is 29.8 Å². The zero-order valence-corrected chi connectivity index (χ0v) is 11.0. The number of sulfonamides is 1. The van der Waals surface area contributed by atoms with Gasteiger partial charge in [-0.3, -0.25) is 0 Å². The summed E-state index contributed by atoms with van der Waals surface area (Å²) in [6, 6.07) is 6.66. The van der Waals surface area contributed by atoms with Crippen LogP contribution in [0.5, 0.6) is 0 Å². The molecule has 0 aromatic heterocycles. The quantitative estimate of drug-likeness (QED) is 0.481. The van der Waals surface area contributed by atoms with Crippen molar-refractivity contribution in [2.24, 2.45) is 5.10 Å². The maximum atomic E-state index is 11.8. The smallest absolute Gasteiger partial charge is 0.200 e. The van der Waals surface area contributed by atoms with Crippen molar-refractivity contribution in [2.75, 3.05) is 0 Å². The number of benzene rings is 1. The Morgan fingerprint density at radius 3 is 2.53 bits per heavy atom. The highest BCUT2D eigenvalue weighted by molar-refractivity contribution is 7.89. The Morgan fingerprint density at radius 1 is 1.29 bits per heavy atom. The Labute approximate surface area is 103 Å². The molecule has 0 fully saturated rings. The number of hydrogen-bond donors (Lipinski definition) is 1. The number of rotatable bonds is 6. The summed E-state index contributed by atoms with van der Waals surface area (Å²) in [7, 11) is -3.51. The van der Waals surface area contributed by atoms with Gasteiger partial charge in [-0.1, -0.05) is 31.0 Å². The molecule has 0 aliphatic rings. The Bertz CT molecular complexity index is 464. The van der Waals surface area contributed by atoms with E-state index in [1.807, 2.05) is 6.92 Å². The zero-order chi connectivity index (χ0) is 12.7. The Hall–Kier alpha value is -1.36. The monoisotopic (exact) mass is 254 g/mol. The van der Waals surface area contributed by atoms with E-state index in [1.54, 1.807) is 30.5 Å².